The molecule has 15 nitrogen and oxygen atoms in total. The van der Waals surface area contributed by atoms with Crippen LogP contribution in [0.2, 0.25) is 0 Å². The molecule has 0 unspecified atom stereocenters. The maximum absolute atomic E-state index is 11.9. The van der Waals surface area contributed by atoms with Gasteiger partial charge in [0.15, 0.2) is 18.1 Å². The number of aliphatic hydroxyl groups is 1. The molecule has 2 aromatic heterocycles. The maximum Gasteiger partial charge on any atom is 0.307 e. The Balaban J connectivity index is 0.000000434. The summed E-state index contributed by atoms with van der Waals surface area (Å²) in [6.45, 7) is 11.2. The molecule has 0 bridgehead atoms. The van der Waals surface area contributed by atoms with Crippen LogP contribution >= 0.6 is 0 Å². The van der Waals surface area contributed by atoms with E-state index < -0.39 is 52.9 Å². The molecule has 2 atom stereocenters. The SMILES string of the molecule is CC(=O)OCc1cc([C@H](CC(=O)O)CC(=O)OC(C)(C)C)no1.CC(C)(C)OC(=O)C[C@@H](CC(=O)O)c1cc(CO)on1. The first-order valence-corrected chi connectivity index (χ1v) is 13.3. The van der Waals surface area contributed by atoms with Gasteiger partial charge in [-0.3, -0.25) is 24.0 Å². The summed E-state index contributed by atoms with van der Waals surface area (Å²) in [6.07, 6.45) is -0.806. The molecule has 0 saturated heterocycles. The molecule has 2 heterocycles. The molecule has 0 saturated carbocycles. The van der Waals surface area contributed by atoms with Crippen molar-refractivity contribution in [2.75, 3.05) is 0 Å². The van der Waals surface area contributed by atoms with Crippen LogP contribution in [0.1, 0.15) is 109 Å². The van der Waals surface area contributed by atoms with Crippen LogP contribution < -0.4 is 0 Å². The first kappa shape index (κ1) is 36.8. The van der Waals surface area contributed by atoms with Crippen LogP contribution in [0.5, 0.6) is 0 Å². The number of hydrogen-bond donors (Lipinski definition) is 3. The summed E-state index contributed by atoms with van der Waals surface area (Å²) in [4.78, 5) is 56.3. The number of nitrogens with zero attached hydrogens (tertiary/aromatic N) is 2. The van der Waals surface area contributed by atoms with Crippen molar-refractivity contribution in [3.63, 3.8) is 0 Å². The van der Waals surface area contributed by atoms with Crippen molar-refractivity contribution in [2.24, 2.45) is 0 Å². The molecule has 240 valence electrons. The van der Waals surface area contributed by atoms with Gasteiger partial charge in [0.05, 0.1) is 37.1 Å². The Kier molecular flexibility index (Phi) is 14.0. The van der Waals surface area contributed by atoms with Crippen LogP contribution in [0.15, 0.2) is 21.2 Å². The van der Waals surface area contributed by atoms with Gasteiger partial charge in [-0.2, -0.15) is 0 Å². The fourth-order valence-corrected chi connectivity index (χ4v) is 3.51. The average Bonchev–Trinajstić information content (AvgIpc) is 3.49. The molecule has 2 rings (SSSR count). The molecule has 2 aromatic rings. The van der Waals surface area contributed by atoms with Gasteiger partial charge in [0.2, 0.25) is 0 Å². The highest BCUT2D eigenvalue weighted by Gasteiger charge is 2.27. The molecule has 0 fully saturated rings. The number of aliphatic hydroxyl groups excluding tert-OH is 1. The van der Waals surface area contributed by atoms with Crippen LogP contribution in [0.25, 0.3) is 0 Å². The highest BCUT2D eigenvalue weighted by molar-refractivity contribution is 5.74. The summed E-state index contributed by atoms with van der Waals surface area (Å²) < 4.78 is 24.9. The van der Waals surface area contributed by atoms with Gasteiger partial charge in [-0.15, -0.1) is 0 Å². The molecule has 3 N–H and O–H groups in total. The zero-order valence-corrected chi connectivity index (χ0v) is 25.4. The van der Waals surface area contributed by atoms with Crippen molar-refractivity contribution in [2.45, 2.75) is 110 Å². The Morgan fingerprint density at radius 3 is 1.47 bits per heavy atom. The number of carbonyl (C=O) groups is 5. The van der Waals surface area contributed by atoms with E-state index in [1.165, 1.54) is 19.1 Å². The predicted molar refractivity (Wildman–Crippen MR) is 145 cm³/mol. The highest BCUT2D eigenvalue weighted by Crippen LogP contribution is 2.26. The van der Waals surface area contributed by atoms with E-state index in [2.05, 4.69) is 10.3 Å². The molecule has 15 heteroatoms. The fraction of sp³-hybridized carbons (Fsp3) is 0.607. The molecule has 0 aliphatic rings. The summed E-state index contributed by atoms with van der Waals surface area (Å²) in [5.41, 5.74) is -0.664. The summed E-state index contributed by atoms with van der Waals surface area (Å²) in [5, 5.41) is 34.2. The third-order valence-corrected chi connectivity index (χ3v) is 5.07. The number of carbonyl (C=O) groups excluding carboxylic acids is 3. The normalized spacial score (nSPS) is 12.7. The summed E-state index contributed by atoms with van der Waals surface area (Å²) in [6, 6.07) is 2.92. The lowest BCUT2D eigenvalue weighted by Crippen LogP contribution is -2.25. The van der Waals surface area contributed by atoms with Crippen LogP contribution in [0.4, 0.5) is 0 Å². The van der Waals surface area contributed by atoms with E-state index in [1.54, 1.807) is 41.5 Å². The summed E-state index contributed by atoms with van der Waals surface area (Å²) >= 11 is 0. The van der Waals surface area contributed by atoms with Gasteiger partial charge >= 0.3 is 29.8 Å². The van der Waals surface area contributed by atoms with Crippen LogP contribution in [-0.4, -0.2) is 66.7 Å². The quantitative estimate of drug-likeness (QED) is 0.217. The summed E-state index contributed by atoms with van der Waals surface area (Å²) in [7, 11) is 0. The zero-order valence-electron chi connectivity index (χ0n) is 25.4. The van der Waals surface area contributed by atoms with Gasteiger partial charge in [0.1, 0.15) is 17.8 Å². The zero-order chi connectivity index (χ0) is 33.0. The van der Waals surface area contributed by atoms with Gasteiger partial charge in [0, 0.05) is 30.9 Å². The summed E-state index contributed by atoms with van der Waals surface area (Å²) in [5.74, 6) is -4.45. The Morgan fingerprint density at radius 2 is 1.14 bits per heavy atom. The van der Waals surface area contributed by atoms with Gasteiger partial charge < -0.3 is 38.6 Å². The number of aromatic nitrogens is 2. The second-order valence-electron chi connectivity index (χ2n) is 11.5. The van der Waals surface area contributed by atoms with E-state index in [9.17, 15) is 24.0 Å². The smallest absolute Gasteiger partial charge is 0.307 e. The maximum atomic E-state index is 11.9. The molecule has 0 aliphatic heterocycles. The minimum absolute atomic E-state index is 0.103. The van der Waals surface area contributed by atoms with Crippen LogP contribution in [0, 0.1) is 0 Å². The third-order valence-electron chi connectivity index (χ3n) is 5.07. The molecule has 0 aliphatic carbocycles. The lowest BCUT2D eigenvalue weighted by atomic mass is 9.97. The number of esters is 3. The minimum Gasteiger partial charge on any atom is -0.481 e. The Hall–Kier alpha value is -4.27. The molecular formula is C28H40N2O13. The second kappa shape index (κ2) is 16.4. The highest BCUT2D eigenvalue weighted by atomic mass is 16.6. The number of hydrogen-bond acceptors (Lipinski definition) is 13. The number of carboxylic acids is 2. The number of aliphatic carboxylic acids is 2. The van der Waals surface area contributed by atoms with Crippen LogP contribution in [0.3, 0.4) is 0 Å². The van der Waals surface area contributed by atoms with E-state index in [0.29, 0.717) is 11.4 Å². The molecule has 43 heavy (non-hydrogen) atoms. The third kappa shape index (κ3) is 16.1. The van der Waals surface area contributed by atoms with E-state index >= 15 is 0 Å². The fourth-order valence-electron chi connectivity index (χ4n) is 3.51. The van der Waals surface area contributed by atoms with Gasteiger partial charge in [-0.25, -0.2) is 0 Å². The van der Waals surface area contributed by atoms with Crippen molar-refractivity contribution in [3.8, 4) is 0 Å². The monoisotopic (exact) mass is 612 g/mol. The minimum atomic E-state index is -1.07. The lowest BCUT2D eigenvalue weighted by molar-refractivity contribution is -0.157. The van der Waals surface area contributed by atoms with E-state index in [4.69, 9.17) is 38.6 Å². The van der Waals surface area contributed by atoms with Crippen molar-refractivity contribution in [1.29, 1.82) is 0 Å². The van der Waals surface area contributed by atoms with Crippen molar-refractivity contribution in [3.05, 3.63) is 35.0 Å². The van der Waals surface area contributed by atoms with Crippen molar-refractivity contribution in [1.82, 2.24) is 10.3 Å². The number of carboxylic acid groups (broad SMARTS) is 2. The second-order valence-corrected chi connectivity index (χ2v) is 11.5. The molecule has 0 spiro atoms. The van der Waals surface area contributed by atoms with Gasteiger partial charge in [0.25, 0.3) is 0 Å². The largest absolute Gasteiger partial charge is 0.481 e. The predicted octanol–water partition coefficient (Wildman–Crippen LogP) is 3.48. The van der Waals surface area contributed by atoms with Gasteiger partial charge in [-0.05, 0) is 41.5 Å². The lowest BCUT2D eigenvalue weighted by Gasteiger charge is -2.21. The molecule has 0 aromatic carbocycles. The van der Waals surface area contributed by atoms with Crippen molar-refractivity contribution < 1.29 is 62.5 Å². The molecular weight excluding hydrogens is 572 g/mol. The molecule has 0 radical (unpaired) electrons. The Bertz CT molecular complexity index is 1230. The van der Waals surface area contributed by atoms with Crippen molar-refractivity contribution >= 4 is 29.8 Å². The standard InChI is InChI=1S/C15H21NO7.C13H19NO6/c1-9(17)21-8-11-7-12(16-23-11)10(5-13(18)19)6-14(20)22-15(2,3)4;1-13(2,3)19-12(18)5-8(4-11(16)17)10-6-9(7-15)20-14-10/h7,10H,5-6,8H2,1-4H3,(H,18,19);6,8,15H,4-5,7H2,1-3H3,(H,16,17)/t10-;8-/m11/s1. The van der Waals surface area contributed by atoms with E-state index in [1.807, 2.05) is 0 Å². The Morgan fingerprint density at radius 1 is 0.744 bits per heavy atom. The van der Waals surface area contributed by atoms with Crippen LogP contribution in [-0.2, 0) is 51.4 Å². The average molecular weight is 613 g/mol. The first-order chi connectivity index (χ1) is 19.8. The van der Waals surface area contributed by atoms with Gasteiger partial charge in [-0.1, -0.05) is 10.3 Å². The number of rotatable bonds is 13. The van der Waals surface area contributed by atoms with E-state index in [-0.39, 0.29) is 50.4 Å². The topological polar surface area (TPSA) is 226 Å². The Labute approximate surface area is 248 Å². The first-order valence-electron chi connectivity index (χ1n) is 13.3. The van der Waals surface area contributed by atoms with E-state index in [0.717, 1.165) is 0 Å². The molecule has 0 amide bonds. The number of ether oxygens (including phenoxy) is 3.